The highest BCUT2D eigenvalue weighted by atomic mass is 16.4. The minimum absolute atomic E-state index is 0.223. The normalized spacial score (nSPS) is 24.2. The molecule has 1 saturated heterocycles. The predicted molar refractivity (Wildman–Crippen MR) is 69.1 cm³/mol. The van der Waals surface area contributed by atoms with Crippen LogP contribution in [0.3, 0.4) is 0 Å². The van der Waals surface area contributed by atoms with Gasteiger partial charge in [-0.15, -0.1) is 0 Å². The van der Waals surface area contributed by atoms with Crippen LogP contribution in [0.5, 0.6) is 0 Å². The molecule has 0 saturated carbocycles. The maximum Gasteiger partial charge on any atom is 0.326 e. The van der Waals surface area contributed by atoms with Gasteiger partial charge >= 0.3 is 5.97 Å². The van der Waals surface area contributed by atoms with E-state index in [-0.39, 0.29) is 5.91 Å². The molecule has 3 N–H and O–H groups in total. The number of aliphatic carboxylic acids is 1. The van der Waals surface area contributed by atoms with E-state index in [1.54, 1.807) is 6.92 Å². The highest BCUT2D eigenvalue weighted by Crippen LogP contribution is 2.22. The summed E-state index contributed by atoms with van der Waals surface area (Å²) in [6.45, 7) is 4.17. The number of rotatable bonds is 4. The van der Waals surface area contributed by atoms with Crippen molar-refractivity contribution in [2.24, 2.45) is 5.73 Å². The number of hydrogen-bond acceptors (Lipinski definition) is 3. The van der Waals surface area contributed by atoms with E-state index in [0.717, 1.165) is 25.7 Å². The monoisotopic (exact) mass is 256 g/mol. The van der Waals surface area contributed by atoms with Gasteiger partial charge in [0.2, 0.25) is 5.91 Å². The van der Waals surface area contributed by atoms with Crippen molar-refractivity contribution >= 4 is 11.9 Å². The van der Waals surface area contributed by atoms with E-state index < -0.39 is 17.6 Å². The Morgan fingerprint density at radius 2 is 2.06 bits per heavy atom. The van der Waals surface area contributed by atoms with Gasteiger partial charge in [0.05, 0.1) is 5.54 Å². The summed E-state index contributed by atoms with van der Waals surface area (Å²) >= 11 is 0. The van der Waals surface area contributed by atoms with Gasteiger partial charge in [0.15, 0.2) is 0 Å². The number of likely N-dealkylation sites (tertiary alicyclic amines) is 1. The number of nitrogens with zero attached hydrogens (tertiary/aromatic N) is 1. The molecule has 1 aliphatic rings. The second-order valence-corrected chi connectivity index (χ2v) is 5.37. The number of amides is 1. The molecule has 2 unspecified atom stereocenters. The molecule has 0 aliphatic carbocycles. The minimum atomic E-state index is -0.952. The first-order valence-corrected chi connectivity index (χ1v) is 6.73. The van der Waals surface area contributed by atoms with Crippen LogP contribution in [0.1, 0.15) is 52.4 Å². The average Bonchev–Trinajstić information content (AvgIpc) is 2.52. The van der Waals surface area contributed by atoms with Gasteiger partial charge in [0.1, 0.15) is 6.04 Å². The van der Waals surface area contributed by atoms with Crippen molar-refractivity contribution in [2.45, 2.75) is 64.0 Å². The zero-order valence-electron chi connectivity index (χ0n) is 11.3. The third-order valence-corrected chi connectivity index (χ3v) is 3.56. The van der Waals surface area contributed by atoms with Crippen LogP contribution in [0.15, 0.2) is 0 Å². The van der Waals surface area contributed by atoms with Gasteiger partial charge < -0.3 is 15.7 Å². The topological polar surface area (TPSA) is 83.6 Å². The Morgan fingerprint density at radius 1 is 1.39 bits per heavy atom. The van der Waals surface area contributed by atoms with E-state index in [9.17, 15) is 14.7 Å². The number of hydrogen-bond donors (Lipinski definition) is 2. The Balaban J connectivity index is 2.88. The quantitative estimate of drug-likeness (QED) is 0.795. The first kappa shape index (κ1) is 15.0. The highest BCUT2D eigenvalue weighted by Gasteiger charge is 2.38. The Morgan fingerprint density at radius 3 is 2.61 bits per heavy atom. The van der Waals surface area contributed by atoms with Gasteiger partial charge in [-0.25, -0.2) is 4.79 Å². The van der Waals surface area contributed by atoms with Gasteiger partial charge in [-0.1, -0.05) is 26.2 Å². The van der Waals surface area contributed by atoms with Crippen LogP contribution >= 0.6 is 0 Å². The van der Waals surface area contributed by atoms with E-state index in [1.807, 2.05) is 6.92 Å². The SMILES string of the molecule is CCCC(C)(N)C(=O)N1CCCCCC1C(=O)O. The molecule has 104 valence electrons. The third kappa shape index (κ3) is 3.45. The Labute approximate surface area is 108 Å². The van der Waals surface area contributed by atoms with Crippen molar-refractivity contribution < 1.29 is 14.7 Å². The van der Waals surface area contributed by atoms with Crippen LogP contribution in [0, 0.1) is 0 Å². The Kier molecular flexibility index (Phi) is 5.14. The molecule has 0 aromatic rings. The third-order valence-electron chi connectivity index (χ3n) is 3.56. The molecule has 0 aromatic carbocycles. The first-order chi connectivity index (χ1) is 8.40. The van der Waals surface area contributed by atoms with Crippen LogP contribution in [0.2, 0.25) is 0 Å². The molecule has 1 amide bonds. The summed E-state index contributed by atoms with van der Waals surface area (Å²) in [7, 11) is 0. The van der Waals surface area contributed by atoms with Gasteiger partial charge in [-0.05, 0) is 26.2 Å². The largest absolute Gasteiger partial charge is 0.480 e. The lowest BCUT2D eigenvalue weighted by atomic mass is 9.94. The zero-order valence-corrected chi connectivity index (χ0v) is 11.3. The Hall–Kier alpha value is -1.10. The molecule has 5 nitrogen and oxygen atoms in total. The molecule has 1 aliphatic heterocycles. The zero-order chi connectivity index (χ0) is 13.8. The summed E-state index contributed by atoms with van der Waals surface area (Å²) in [5.74, 6) is -1.14. The lowest BCUT2D eigenvalue weighted by Gasteiger charge is -2.34. The summed E-state index contributed by atoms with van der Waals surface area (Å²) < 4.78 is 0. The molecule has 2 atom stereocenters. The molecule has 18 heavy (non-hydrogen) atoms. The smallest absolute Gasteiger partial charge is 0.326 e. The molecule has 0 spiro atoms. The molecule has 1 fully saturated rings. The summed E-state index contributed by atoms with van der Waals surface area (Å²) in [4.78, 5) is 25.2. The van der Waals surface area contributed by atoms with Crippen molar-refractivity contribution in [3.63, 3.8) is 0 Å². The maximum absolute atomic E-state index is 12.4. The molecule has 1 heterocycles. The van der Waals surface area contributed by atoms with Crippen LogP contribution < -0.4 is 5.73 Å². The Bertz CT molecular complexity index is 315. The number of nitrogens with two attached hydrogens (primary N) is 1. The second kappa shape index (κ2) is 6.18. The first-order valence-electron chi connectivity index (χ1n) is 6.73. The lowest BCUT2D eigenvalue weighted by molar-refractivity contribution is -0.152. The van der Waals surface area contributed by atoms with Crippen molar-refractivity contribution in [1.29, 1.82) is 0 Å². The molecule has 0 radical (unpaired) electrons. The van der Waals surface area contributed by atoms with Crippen molar-refractivity contribution in [3.05, 3.63) is 0 Å². The van der Waals surface area contributed by atoms with E-state index in [0.29, 0.717) is 19.4 Å². The maximum atomic E-state index is 12.4. The highest BCUT2D eigenvalue weighted by molar-refractivity contribution is 5.89. The van der Waals surface area contributed by atoms with Gasteiger partial charge in [0, 0.05) is 6.54 Å². The van der Waals surface area contributed by atoms with E-state index in [4.69, 9.17) is 5.73 Å². The minimum Gasteiger partial charge on any atom is -0.480 e. The van der Waals surface area contributed by atoms with Crippen LogP contribution in [0.25, 0.3) is 0 Å². The summed E-state index contributed by atoms with van der Waals surface area (Å²) in [6.07, 6.45) is 4.61. The molecular formula is C13H24N2O3. The van der Waals surface area contributed by atoms with E-state index in [1.165, 1.54) is 4.90 Å². The van der Waals surface area contributed by atoms with Gasteiger partial charge in [0.25, 0.3) is 0 Å². The van der Waals surface area contributed by atoms with Crippen molar-refractivity contribution in [3.8, 4) is 0 Å². The molecule has 5 heteroatoms. The average molecular weight is 256 g/mol. The van der Waals surface area contributed by atoms with Crippen LogP contribution in [-0.2, 0) is 9.59 Å². The van der Waals surface area contributed by atoms with E-state index in [2.05, 4.69) is 0 Å². The predicted octanol–water partition coefficient (Wildman–Crippen LogP) is 1.36. The second-order valence-electron chi connectivity index (χ2n) is 5.37. The van der Waals surface area contributed by atoms with Gasteiger partial charge in [-0.3, -0.25) is 4.79 Å². The molecular weight excluding hydrogens is 232 g/mol. The lowest BCUT2D eigenvalue weighted by Crippen LogP contribution is -2.57. The number of carbonyl (C=O) groups excluding carboxylic acids is 1. The van der Waals surface area contributed by atoms with Gasteiger partial charge in [-0.2, -0.15) is 0 Å². The fourth-order valence-corrected chi connectivity index (χ4v) is 2.56. The fraction of sp³-hybridized carbons (Fsp3) is 0.846. The van der Waals surface area contributed by atoms with Crippen LogP contribution in [-0.4, -0.2) is 40.0 Å². The number of carboxylic acid groups (broad SMARTS) is 1. The van der Waals surface area contributed by atoms with Crippen molar-refractivity contribution in [1.82, 2.24) is 4.90 Å². The van der Waals surface area contributed by atoms with E-state index >= 15 is 0 Å². The summed E-state index contributed by atoms with van der Waals surface area (Å²) in [5, 5.41) is 9.24. The fourth-order valence-electron chi connectivity index (χ4n) is 2.56. The molecule has 0 bridgehead atoms. The van der Waals surface area contributed by atoms with Crippen LogP contribution in [0.4, 0.5) is 0 Å². The molecule has 0 aromatic heterocycles. The summed E-state index contributed by atoms with van der Waals surface area (Å²) in [5.41, 5.74) is 5.08. The summed E-state index contributed by atoms with van der Waals surface area (Å²) in [6, 6.07) is -0.709. The number of carbonyl (C=O) groups is 2. The number of carboxylic acids is 1. The standard InChI is InChI=1S/C13H24N2O3/c1-3-8-13(2,14)12(18)15-9-6-4-5-7-10(15)11(16)17/h10H,3-9,14H2,1-2H3,(H,16,17). The van der Waals surface area contributed by atoms with Crippen molar-refractivity contribution in [2.75, 3.05) is 6.54 Å². The molecule has 1 rings (SSSR count).